The lowest BCUT2D eigenvalue weighted by Gasteiger charge is -2.05. The molecule has 2 aromatic rings. The zero-order valence-electron chi connectivity index (χ0n) is 9.61. The van der Waals surface area contributed by atoms with Gasteiger partial charge >= 0.3 is 0 Å². The van der Waals surface area contributed by atoms with E-state index in [4.69, 9.17) is 0 Å². The SMILES string of the molecule is CCCNc1cnc2c(ccn2C2CC2)c1. The minimum absolute atomic E-state index is 0.708. The molecule has 3 rings (SSSR count). The van der Waals surface area contributed by atoms with Gasteiger partial charge in [0.15, 0.2) is 0 Å². The molecule has 1 aliphatic rings. The maximum Gasteiger partial charge on any atom is 0.140 e. The van der Waals surface area contributed by atoms with E-state index < -0.39 is 0 Å². The first-order valence-corrected chi connectivity index (χ1v) is 6.09. The Balaban J connectivity index is 1.93. The summed E-state index contributed by atoms with van der Waals surface area (Å²) < 4.78 is 2.30. The molecule has 2 heterocycles. The first kappa shape index (κ1) is 9.70. The number of pyridine rings is 1. The highest BCUT2D eigenvalue weighted by Crippen LogP contribution is 2.37. The summed E-state index contributed by atoms with van der Waals surface area (Å²) in [6.07, 6.45) is 7.86. The zero-order valence-corrected chi connectivity index (χ0v) is 9.61. The summed E-state index contributed by atoms with van der Waals surface area (Å²) in [6, 6.07) is 5.06. The number of anilines is 1. The number of nitrogens with one attached hydrogen (secondary N) is 1. The molecule has 3 heteroatoms. The molecule has 0 bridgehead atoms. The number of nitrogens with zero attached hydrogens (tertiary/aromatic N) is 2. The van der Waals surface area contributed by atoms with Gasteiger partial charge in [-0.15, -0.1) is 0 Å². The number of hydrogen-bond donors (Lipinski definition) is 1. The molecular formula is C13H17N3. The van der Waals surface area contributed by atoms with Crippen molar-refractivity contribution in [2.24, 2.45) is 0 Å². The molecule has 0 spiro atoms. The average Bonchev–Trinajstić information content (AvgIpc) is 3.07. The standard InChI is InChI=1S/C13H17N3/c1-2-6-14-11-8-10-5-7-16(12-3-4-12)13(10)15-9-11/h5,7-9,12,14H,2-4,6H2,1H3. The summed E-state index contributed by atoms with van der Waals surface area (Å²) >= 11 is 0. The van der Waals surface area contributed by atoms with Crippen molar-refractivity contribution in [3.8, 4) is 0 Å². The predicted molar refractivity (Wildman–Crippen MR) is 66.8 cm³/mol. The Bertz CT molecular complexity index is 497. The van der Waals surface area contributed by atoms with E-state index in [0.717, 1.165) is 24.3 Å². The van der Waals surface area contributed by atoms with E-state index in [2.05, 4.69) is 40.1 Å². The molecule has 0 unspecified atom stereocenters. The molecule has 0 radical (unpaired) electrons. The maximum atomic E-state index is 4.56. The third-order valence-electron chi connectivity index (χ3n) is 3.07. The molecule has 1 saturated carbocycles. The fourth-order valence-electron chi connectivity index (χ4n) is 2.06. The Morgan fingerprint density at radius 2 is 2.38 bits per heavy atom. The molecule has 1 N–H and O–H groups in total. The second-order valence-electron chi connectivity index (χ2n) is 4.52. The van der Waals surface area contributed by atoms with Gasteiger partial charge in [-0.3, -0.25) is 0 Å². The molecule has 0 aromatic carbocycles. The second kappa shape index (κ2) is 3.81. The highest BCUT2D eigenvalue weighted by atomic mass is 15.1. The van der Waals surface area contributed by atoms with Crippen LogP contribution in [0.2, 0.25) is 0 Å². The van der Waals surface area contributed by atoms with E-state index in [1.54, 1.807) is 0 Å². The lowest BCUT2D eigenvalue weighted by Crippen LogP contribution is -2.00. The van der Waals surface area contributed by atoms with E-state index >= 15 is 0 Å². The zero-order chi connectivity index (χ0) is 11.0. The molecule has 1 fully saturated rings. The summed E-state index contributed by atoms with van der Waals surface area (Å²) in [6.45, 7) is 3.18. The Hall–Kier alpha value is -1.51. The van der Waals surface area contributed by atoms with E-state index in [0.29, 0.717) is 6.04 Å². The van der Waals surface area contributed by atoms with Gasteiger partial charge in [-0.1, -0.05) is 6.92 Å². The smallest absolute Gasteiger partial charge is 0.140 e. The largest absolute Gasteiger partial charge is 0.384 e. The number of hydrogen-bond acceptors (Lipinski definition) is 2. The van der Waals surface area contributed by atoms with Gasteiger partial charge in [-0.05, 0) is 31.4 Å². The van der Waals surface area contributed by atoms with Gasteiger partial charge in [-0.25, -0.2) is 4.98 Å². The first-order chi connectivity index (χ1) is 7.88. The Labute approximate surface area is 95.5 Å². The Morgan fingerprint density at radius 1 is 1.50 bits per heavy atom. The lowest BCUT2D eigenvalue weighted by molar-refractivity contribution is 0.766. The van der Waals surface area contributed by atoms with E-state index in [9.17, 15) is 0 Å². The van der Waals surface area contributed by atoms with Crippen molar-refractivity contribution < 1.29 is 0 Å². The van der Waals surface area contributed by atoms with Crippen LogP contribution in [0.25, 0.3) is 11.0 Å². The molecular weight excluding hydrogens is 198 g/mol. The van der Waals surface area contributed by atoms with Crippen LogP contribution in [-0.2, 0) is 0 Å². The summed E-state index contributed by atoms with van der Waals surface area (Å²) in [5.41, 5.74) is 2.26. The summed E-state index contributed by atoms with van der Waals surface area (Å²) in [4.78, 5) is 4.56. The third kappa shape index (κ3) is 1.66. The van der Waals surface area contributed by atoms with Crippen molar-refractivity contribution in [1.29, 1.82) is 0 Å². The highest BCUT2D eigenvalue weighted by Gasteiger charge is 2.24. The highest BCUT2D eigenvalue weighted by molar-refractivity contribution is 5.79. The average molecular weight is 215 g/mol. The van der Waals surface area contributed by atoms with Gasteiger partial charge in [0.1, 0.15) is 5.65 Å². The predicted octanol–water partition coefficient (Wildman–Crippen LogP) is 3.19. The number of fused-ring (bicyclic) bond motifs is 1. The molecule has 0 aliphatic heterocycles. The van der Waals surface area contributed by atoms with Crippen LogP contribution in [0, 0.1) is 0 Å². The molecule has 0 amide bonds. The first-order valence-electron chi connectivity index (χ1n) is 6.09. The summed E-state index contributed by atoms with van der Waals surface area (Å²) in [5, 5.41) is 4.61. The van der Waals surface area contributed by atoms with Crippen LogP contribution in [0.1, 0.15) is 32.2 Å². The minimum Gasteiger partial charge on any atom is -0.384 e. The van der Waals surface area contributed by atoms with Gasteiger partial charge < -0.3 is 9.88 Å². The number of aromatic nitrogens is 2. The van der Waals surface area contributed by atoms with Crippen molar-refractivity contribution in [2.75, 3.05) is 11.9 Å². The quantitative estimate of drug-likeness (QED) is 0.848. The van der Waals surface area contributed by atoms with Crippen LogP contribution in [-0.4, -0.2) is 16.1 Å². The molecule has 3 nitrogen and oxygen atoms in total. The number of rotatable bonds is 4. The minimum atomic E-state index is 0.708. The van der Waals surface area contributed by atoms with Gasteiger partial charge in [0.05, 0.1) is 11.9 Å². The van der Waals surface area contributed by atoms with Crippen LogP contribution in [0.5, 0.6) is 0 Å². The molecule has 84 valence electrons. The van der Waals surface area contributed by atoms with Crippen molar-refractivity contribution in [2.45, 2.75) is 32.2 Å². The second-order valence-corrected chi connectivity index (χ2v) is 4.52. The monoisotopic (exact) mass is 215 g/mol. The van der Waals surface area contributed by atoms with E-state index in [-0.39, 0.29) is 0 Å². The van der Waals surface area contributed by atoms with E-state index in [1.165, 1.54) is 18.2 Å². The van der Waals surface area contributed by atoms with Gasteiger partial charge in [-0.2, -0.15) is 0 Å². The molecule has 16 heavy (non-hydrogen) atoms. The summed E-state index contributed by atoms with van der Waals surface area (Å²) in [5.74, 6) is 0. The molecule has 0 saturated heterocycles. The summed E-state index contributed by atoms with van der Waals surface area (Å²) in [7, 11) is 0. The van der Waals surface area contributed by atoms with Crippen LogP contribution in [0.15, 0.2) is 24.5 Å². The van der Waals surface area contributed by atoms with Crippen molar-refractivity contribution in [3.63, 3.8) is 0 Å². The lowest BCUT2D eigenvalue weighted by atomic mass is 10.3. The maximum absolute atomic E-state index is 4.56. The third-order valence-corrected chi connectivity index (χ3v) is 3.07. The van der Waals surface area contributed by atoms with Crippen LogP contribution >= 0.6 is 0 Å². The van der Waals surface area contributed by atoms with Crippen molar-refractivity contribution >= 4 is 16.7 Å². The fourth-order valence-corrected chi connectivity index (χ4v) is 2.06. The van der Waals surface area contributed by atoms with Crippen LogP contribution in [0.4, 0.5) is 5.69 Å². The van der Waals surface area contributed by atoms with Crippen LogP contribution < -0.4 is 5.32 Å². The van der Waals surface area contributed by atoms with E-state index in [1.807, 2.05) is 6.20 Å². The molecule has 1 aliphatic carbocycles. The van der Waals surface area contributed by atoms with Gasteiger partial charge in [0, 0.05) is 24.2 Å². The van der Waals surface area contributed by atoms with Crippen LogP contribution in [0.3, 0.4) is 0 Å². The van der Waals surface area contributed by atoms with Crippen molar-refractivity contribution in [1.82, 2.24) is 9.55 Å². The van der Waals surface area contributed by atoms with Gasteiger partial charge in [0.25, 0.3) is 0 Å². The molecule has 2 aromatic heterocycles. The Morgan fingerprint density at radius 3 is 3.12 bits per heavy atom. The van der Waals surface area contributed by atoms with Gasteiger partial charge in [0.2, 0.25) is 0 Å². The fraction of sp³-hybridized carbons (Fsp3) is 0.462. The van der Waals surface area contributed by atoms with Crippen molar-refractivity contribution in [3.05, 3.63) is 24.5 Å². The Kier molecular flexibility index (Phi) is 2.31. The normalized spacial score (nSPS) is 15.6. The topological polar surface area (TPSA) is 29.9 Å². The molecule has 0 atom stereocenters.